The first-order valence-corrected chi connectivity index (χ1v) is 9.99. The Morgan fingerprint density at radius 1 is 1.29 bits per heavy atom. The van der Waals surface area contributed by atoms with E-state index in [0.29, 0.717) is 76.4 Å². The summed E-state index contributed by atoms with van der Waals surface area (Å²) in [5.41, 5.74) is 0.464. The third kappa shape index (κ3) is 4.70. The third-order valence-electron chi connectivity index (χ3n) is 5.67. The zero-order valence-corrected chi connectivity index (χ0v) is 16.7. The molecule has 1 spiro atoms. The van der Waals surface area contributed by atoms with Crippen LogP contribution in [0.3, 0.4) is 0 Å². The van der Waals surface area contributed by atoms with Crippen LogP contribution >= 0.6 is 0 Å². The quantitative estimate of drug-likeness (QED) is 0.722. The second-order valence-electron chi connectivity index (χ2n) is 7.54. The fourth-order valence-electron chi connectivity index (χ4n) is 3.89. The summed E-state index contributed by atoms with van der Waals surface area (Å²) in [5.74, 6) is -0.323. The van der Waals surface area contributed by atoms with E-state index < -0.39 is 5.60 Å². The van der Waals surface area contributed by atoms with Gasteiger partial charge in [-0.15, -0.1) is 0 Å². The number of carbonyl (C=O) groups excluding carboxylic acids is 2. The lowest BCUT2D eigenvalue weighted by Gasteiger charge is -2.40. The van der Waals surface area contributed by atoms with E-state index in [2.05, 4.69) is 0 Å². The fraction of sp³-hybridized carbons (Fsp3) is 0.619. The van der Waals surface area contributed by atoms with Crippen LogP contribution in [0.15, 0.2) is 18.2 Å². The van der Waals surface area contributed by atoms with Crippen LogP contribution in [-0.2, 0) is 14.3 Å². The number of hydrogen-bond donors (Lipinski definition) is 0. The Hall–Kier alpha value is -1.99. The number of piperidine rings is 1. The molecule has 3 rings (SSSR count). The summed E-state index contributed by atoms with van der Waals surface area (Å²) in [7, 11) is 0. The van der Waals surface area contributed by atoms with Crippen LogP contribution in [-0.4, -0.2) is 73.2 Å². The molecule has 28 heavy (non-hydrogen) atoms. The van der Waals surface area contributed by atoms with Gasteiger partial charge >= 0.3 is 0 Å². The molecule has 6 nitrogen and oxygen atoms in total. The Balaban J connectivity index is 1.58. The van der Waals surface area contributed by atoms with Crippen molar-refractivity contribution in [2.24, 2.45) is 0 Å². The molecule has 2 heterocycles. The van der Waals surface area contributed by atoms with Gasteiger partial charge in [0.1, 0.15) is 5.82 Å². The molecule has 0 bridgehead atoms. The zero-order chi connectivity index (χ0) is 20.1. The number of amides is 2. The number of hydrogen-bond acceptors (Lipinski definition) is 4. The Labute approximate surface area is 165 Å². The molecule has 7 heteroatoms. The van der Waals surface area contributed by atoms with Gasteiger partial charge in [-0.1, -0.05) is 0 Å². The van der Waals surface area contributed by atoms with Crippen molar-refractivity contribution in [3.8, 4) is 0 Å². The Kier molecular flexibility index (Phi) is 6.67. The van der Waals surface area contributed by atoms with Crippen molar-refractivity contribution in [1.82, 2.24) is 9.80 Å². The number of carbonyl (C=O) groups is 2. The largest absolute Gasteiger partial charge is 0.380 e. The lowest BCUT2D eigenvalue weighted by atomic mass is 9.87. The first-order valence-electron chi connectivity index (χ1n) is 9.99. The number of likely N-dealkylation sites (tertiary alicyclic amines) is 1. The minimum atomic E-state index is -0.493. The summed E-state index contributed by atoms with van der Waals surface area (Å²) in [6.45, 7) is 7.48. The van der Waals surface area contributed by atoms with E-state index in [1.807, 2.05) is 11.8 Å². The number of halogens is 1. The molecule has 154 valence electrons. The van der Waals surface area contributed by atoms with Crippen LogP contribution < -0.4 is 0 Å². The van der Waals surface area contributed by atoms with E-state index in [0.717, 1.165) is 0 Å². The maximum Gasteiger partial charge on any atom is 0.253 e. The first kappa shape index (κ1) is 20.7. The SMILES string of the molecule is CCOCCN1CCOC2(CCN(C(=O)c3ccc(F)c(C)c3)CC2)CC1=O. The van der Waals surface area contributed by atoms with Gasteiger partial charge in [0.25, 0.3) is 5.91 Å². The maximum atomic E-state index is 13.5. The Morgan fingerprint density at radius 3 is 2.71 bits per heavy atom. The van der Waals surface area contributed by atoms with Gasteiger partial charge < -0.3 is 19.3 Å². The zero-order valence-electron chi connectivity index (χ0n) is 16.7. The van der Waals surface area contributed by atoms with Crippen molar-refractivity contribution < 1.29 is 23.5 Å². The van der Waals surface area contributed by atoms with Crippen LogP contribution in [0.2, 0.25) is 0 Å². The smallest absolute Gasteiger partial charge is 0.253 e. The number of nitrogens with zero attached hydrogens (tertiary/aromatic N) is 2. The van der Waals surface area contributed by atoms with Gasteiger partial charge in [0.05, 0.1) is 25.2 Å². The lowest BCUT2D eigenvalue weighted by molar-refractivity contribution is -0.135. The second-order valence-corrected chi connectivity index (χ2v) is 7.54. The summed E-state index contributed by atoms with van der Waals surface area (Å²) in [5, 5.41) is 0. The van der Waals surface area contributed by atoms with Crippen LogP contribution in [0.1, 0.15) is 42.1 Å². The van der Waals surface area contributed by atoms with E-state index in [-0.39, 0.29) is 17.6 Å². The van der Waals surface area contributed by atoms with E-state index in [1.54, 1.807) is 17.9 Å². The van der Waals surface area contributed by atoms with Crippen LogP contribution in [0.4, 0.5) is 4.39 Å². The summed E-state index contributed by atoms with van der Waals surface area (Å²) < 4.78 is 24.9. The maximum absolute atomic E-state index is 13.5. The normalized spacial score (nSPS) is 19.8. The molecule has 0 N–H and O–H groups in total. The molecule has 1 aromatic carbocycles. The first-order chi connectivity index (χ1) is 13.4. The van der Waals surface area contributed by atoms with E-state index in [9.17, 15) is 14.0 Å². The summed E-state index contributed by atoms with van der Waals surface area (Å²) in [6, 6.07) is 4.44. The highest BCUT2D eigenvalue weighted by Crippen LogP contribution is 2.33. The molecule has 0 atom stereocenters. The van der Waals surface area contributed by atoms with Crippen LogP contribution in [0.5, 0.6) is 0 Å². The summed E-state index contributed by atoms with van der Waals surface area (Å²) >= 11 is 0. The molecule has 0 unspecified atom stereocenters. The predicted octanol–water partition coefficient (Wildman–Crippen LogP) is 2.39. The number of ether oxygens (including phenoxy) is 2. The highest BCUT2D eigenvalue weighted by atomic mass is 19.1. The van der Waals surface area contributed by atoms with Crippen LogP contribution in [0.25, 0.3) is 0 Å². The minimum absolute atomic E-state index is 0.0890. The Morgan fingerprint density at radius 2 is 2.04 bits per heavy atom. The molecule has 1 aromatic rings. The average molecular weight is 392 g/mol. The fourth-order valence-corrected chi connectivity index (χ4v) is 3.89. The molecule has 2 amide bonds. The summed E-state index contributed by atoms with van der Waals surface area (Å²) in [4.78, 5) is 29.0. The average Bonchev–Trinajstić information content (AvgIpc) is 2.83. The van der Waals surface area contributed by atoms with Gasteiger partial charge in [0.15, 0.2) is 0 Å². The highest BCUT2D eigenvalue weighted by Gasteiger charge is 2.41. The van der Waals surface area contributed by atoms with Crippen molar-refractivity contribution in [3.05, 3.63) is 35.1 Å². The molecule has 2 fully saturated rings. The van der Waals surface area contributed by atoms with Crippen molar-refractivity contribution in [3.63, 3.8) is 0 Å². The lowest BCUT2D eigenvalue weighted by Crippen LogP contribution is -2.49. The molecular formula is C21H29FN2O4. The summed E-state index contributed by atoms with van der Waals surface area (Å²) in [6.07, 6.45) is 1.60. The molecule has 0 aliphatic carbocycles. The standard InChI is InChI=1S/C21H29FN2O4/c1-3-27-12-10-23-11-13-28-21(15-19(23)25)6-8-24(9-7-21)20(26)17-4-5-18(22)16(2)14-17/h4-5,14H,3,6-13,15H2,1-2H3. The number of benzene rings is 1. The van der Waals surface area contributed by atoms with Gasteiger partial charge in [-0.2, -0.15) is 0 Å². The molecule has 0 aromatic heterocycles. The minimum Gasteiger partial charge on any atom is -0.380 e. The molecule has 0 radical (unpaired) electrons. The molecule has 2 aliphatic heterocycles. The van der Waals surface area contributed by atoms with Crippen molar-refractivity contribution in [1.29, 1.82) is 0 Å². The molecule has 2 saturated heterocycles. The highest BCUT2D eigenvalue weighted by molar-refractivity contribution is 5.94. The van der Waals surface area contributed by atoms with Crippen molar-refractivity contribution in [2.75, 3.05) is 46.0 Å². The van der Waals surface area contributed by atoms with E-state index in [4.69, 9.17) is 9.47 Å². The number of rotatable bonds is 5. The number of aryl methyl sites for hydroxylation is 1. The van der Waals surface area contributed by atoms with E-state index >= 15 is 0 Å². The van der Waals surface area contributed by atoms with Gasteiger partial charge in [0, 0.05) is 38.3 Å². The van der Waals surface area contributed by atoms with Crippen molar-refractivity contribution in [2.45, 2.75) is 38.7 Å². The second kappa shape index (κ2) is 9.01. The van der Waals surface area contributed by atoms with E-state index in [1.165, 1.54) is 12.1 Å². The monoisotopic (exact) mass is 392 g/mol. The third-order valence-corrected chi connectivity index (χ3v) is 5.67. The van der Waals surface area contributed by atoms with Gasteiger partial charge in [-0.3, -0.25) is 9.59 Å². The van der Waals surface area contributed by atoms with Crippen LogP contribution in [0, 0.1) is 12.7 Å². The van der Waals surface area contributed by atoms with Gasteiger partial charge in [-0.05, 0) is 50.5 Å². The van der Waals surface area contributed by atoms with Gasteiger partial charge in [0.2, 0.25) is 5.91 Å². The predicted molar refractivity (Wildman–Crippen MR) is 103 cm³/mol. The van der Waals surface area contributed by atoms with Gasteiger partial charge in [-0.25, -0.2) is 4.39 Å². The molecule has 2 aliphatic rings. The van der Waals surface area contributed by atoms with Crippen molar-refractivity contribution >= 4 is 11.8 Å². The molecular weight excluding hydrogens is 363 g/mol. The topological polar surface area (TPSA) is 59.1 Å². The molecule has 0 saturated carbocycles. The Bertz CT molecular complexity index is 716.